The van der Waals surface area contributed by atoms with Crippen LogP contribution in [0.25, 0.3) is 0 Å². The lowest BCUT2D eigenvalue weighted by molar-refractivity contribution is 0.220. The number of hydrogen-bond acceptors (Lipinski definition) is 4. The van der Waals surface area contributed by atoms with Crippen molar-refractivity contribution in [2.24, 2.45) is 5.73 Å². The molecule has 1 aromatic rings. The molecule has 0 amide bonds. The first-order chi connectivity index (χ1) is 7.10. The molecule has 0 aliphatic rings. The van der Waals surface area contributed by atoms with Gasteiger partial charge in [-0.15, -0.1) is 0 Å². The molecule has 0 aliphatic heterocycles. The van der Waals surface area contributed by atoms with Gasteiger partial charge < -0.3 is 16.6 Å². The number of phenols is 1. The highest BCUT2D eigenvalue weighted by Gasteiger charge is 2.16. The third-order valence-electron chi connectivity index (χ3n) is 2.58. The Bertz CT molecular complexity index is 324. The number of aromatic hydroxyl groups is 1. The van der Waals surface area contributed by atoms with Crippen molar-refractivity contribution in [3.8, 4) is 5.75 Å². The number of phenolic OH excluding ortho intramolecular Hbond substituents is 1. The molecule has 0 aliphatic carbocycles. The Morgan fingerprint density at radius 3 is 2.47 bits per heavy atom. The summed E-state index contributed by atoms with van der Waals surface area (Å²) in [5, 5.41) is 9.68. The molecule has 15 heavy (non-hydrogen) atoms. The van der Waals surface area contributed by atoms with Gasteiger partial charge in [0.1, 0.15) is 5.75 Å². The highest BCUT2D eigenvalue weighted by molar-refractivity contribution is 5.48. The van der Waals surface area contributed by atoms with Gasteiger partial charge in [0.2, 0.25) is 0 Å². The van der Waals surface area contributed by atoms with Gasteiger partial charge in [0.05, 0.1) is 6.17 Å². The standard InChI is InChI=1S/C11H19N3O/c1-3-14(4-2)11(13)9-7-8(12)5-6-10(9)15/h5-7,11,15H,3-4,12-13H2,1-2H3. The van der Waals surface area contributed by atoms with Gasteiger partial charge in [-0.1, -0.05) is 13.8 Å². The number of benzene rings is 1. The number of nitrogens with two attached hydrogens (primary N) is 2. The topological polar surface area (TPSA) is 75.5 Å². The van der Waals surface area contributed by atoms with Crippen molar-refractivity contribution in [3.63, 3.8) is 0 Å². The van der Waals surface area contributed by atoms with Crippen molar-refractivity contribution in [1.29, 1.82) is 0 Å². The van der Waals surface area contributed by atoms with Crippen LogP contribution in [0.15, 0.2) is 18.2 Å². The number of hydrogen-bond donors (Lipinski definition) is 3. The van der Waals surface area contributed by atoms with Gasteiger partial charge >= 0.3 is 0 Å². The first-order valence-corrected chi connectivity index (χ1v) is 5.18. The minimum atomic E-state index is -0.302. The van der Waals surface area contributed by atoms with Crippen molar-refractivity contribution in [3.05, 3.63) is 23.8 Å². The highest BCUT2D eigenvalue weighted by Crippen LogP contribution is 2.26. The second-order valence-corrected chi connectivity index (χ2v) is 3.48. The van der Waals surface area contributed by atoms with Crippen LogP contribution in [-0.2, 0) is 0 Å². The normalized spacial score (nSPS) is 13.1. The van der Waals surface area contributed by atoms with E-state index < -0.39 is 0 Å². The van der Waals surface area contributed by atoms with Crippen LogP contribution in [0.4, 0.5) is 5.69 Å². The SMILES string of the molecule is CCN(CC)C(N)c1cc(N)ccc1O. The fraction of sp³-hybridized carbons (Fsp3) is 0.455. The van der Waals surface area contributed by atoms with E-state index in [9.17, 15) is 5.11 Å². The van der Waals surface area contributed by atoms with Crippen LogP contribution in [0.2, 0.25) is 0 Å². The zero-order chi connectivity index (χ0) is 11.4. The Kier molecular flexibility index (Phi) is 3.94. The lowest BCUT2D eigenvalue weighted by atomic mass is 10.1. The Morgan fingerprint density at radius 2 is 1.93 bits per heavy atom. The summed E-state index contributed by atoms with van der Waals surface area (Å²) >= 11 is 0. The Hall–Kier alpha value is -1.26. The fourth-order valence-corrected chi connectivity index (χ4v) is 1.62. The van der Waals surface area contributed by atoms with E-state index in [4.69, 9.17) is 11.5 Å². The van der Waals surface area contributed by atoms with Gasteiger partial charge in [-0.25, -0.2) is 0 Å². The lowest BCUT2D eigenvalue weighted by Gasteiger charge is -2.27. The van der Waals surface area contributed by atoms with E-state index in [-0.39, 0.29) is 11.9 Å². The fourth-order valence-electron chi connectivity index (χ4n) is 1.62. The predicted octanol–water partition coefficient (Wildman–Crippen LogP) is 1.27. The summed E-state index contributed by atoms with van der Waals surface area (Å²) in [7, 11) is 0. The molecule has 0 fully saturated rings. The van der Waals surface area contributed by atoms with Crippen molar-refractivity contribution >= 4 is 5.69 Å². The van der Waals surface area contributed by atoms with Crippen LogP contribution in [0.5, 0.6) is 5.75 Å². The van der Waals surface area contributed by atoms with Crippen LogP contribution < -0.4 is 11.5 Å². The number of rotatable bonds is 4. The maximum absolute atomic E-state index is 9.68. The van der Waals surface area contributed by atoms with Crippen LogP contribution in [0, 0.1) is 0 Å². The molecule has 0 saturated carbocycles. The molecule has 0 bridgehead atoms. The molecule has 0 saturated heterocycles. The van der Waals surface area contributed by atoms with Gasteiger partial charge in [0.25, 0.3) is 0 Å². The Labute approximate surface area is 90.5 Å². The number of anilines is 1. The average molecular weight is 209 g/mol. The second-order valence-electron chi connectivity index (χ2n) is 3.48. The molecule has 1 aromatic carbocycles. The monoisotopic (exact) mass is 209 g/mol. The van der Waals surface area contributed by atoms with Gasteiger partial charge in [-0.05, 0) is 31.3 Å². The first-order valence-electron chi connectivity index (χ1n) is 5.18. The molecular formula is C11H19N3O. The van der Waals surface area contributed by atoms with Crippen molar-refractivity contribution in [1.82, 2.24) is 4.90 Å². The summed E-state index contributed by atoms with van der Waals surface area (Å²) < 4.78 is 0. The van der Waals surface area contributed by atoms with E-state index >= 15 is 0 Å². The molecule has 0 spiro atoms. The molecule has 1 rings (SSSR count). The average Bonchev–Trinajstić information content (AvgIpc) is 2.23. The van der Waals surface area contributed by atoms with Crippen LogP contribution in [-0.4, -0.2) is 23.1 Å². The minimum absolute atomic E-state index is 0.198. The Morgan fingerprint density at radius 1 is 1.33 bits per heavy atom. The van der Waals surface area contributed by atoms with E-state index in [0.29, 0.717) is 11.3 Å². The highest BCUT2D eigenvalue weighted by atomic mass is 16.3. The zero-order valence-electron chi connectivity index (χ0n) is 9.27. The van der Waals surface area contributed by atoms with Crippen molar-refractivity contribution in [2.75, 3.05) is 18.8 Å². The largest absolute Gasteiger partial charge is 0.508 e. The summed E-state index contributed by atoms with van der Waals surface area (Å²) in [6, 6.07) is 4.96. The third kappa shape index (κ3) is 2.61. The lowest BCUT2D eigenvalue weighted by Crippen LogP contribution is -2.34. The van der Waals surface area contributed by atoms with Gasteiger partial charge in [-0.3, -0.25) is 4.90 Å². The summed E-state index contributed by atoms with van der Waals surface area (Å²) in [5.74, 6) is 0.198. The molecule has 5 N–H and O–H groups in total. The van der Waals surface area contributed by atoms with Crippen LogP contribution in [0.3, 0.4) is 0 Å². The number of nitrogens with zero attached hydrogens (tertiary/aromatic N) is 1. The summed E-state index contributed by atoms with van der Waals surface area (Å²) in [6.45, 7) is 5.75. The van der Waals surface area contributed by atoms with E-state index in [2.05, 4.69) is 4.90 Å². The minimum Gasteiger partial charge on any atom is -0.508 e. The smallest absolute Gasteiger partial charge is 0.121 e. The Balaban J connectivity index is 2.98. The molecule has 0 heterocycles. The molecule has 0 radical (unpaired) electrons. The molecule has 1 unspecified atom stereocenters. The van der Waals surface area contributed by atoms with Gasteiger partial charge in [-0.2, -0.15) is 0 Å². The molecule has 0 aromatic heterocycles. The molecule has 84 valence electrons. The van der Waals surface area contributed by atoms with Gasteiger partial charge in [0.15, 0.2) is 0 Å². The van der Waals surface area contributed by atoms with E-state index in [1.807, 2.05) is 13.8 Å². The van der Waals surface area contributed by atoms with Crippen LogP contribution in [0.1, 0.15) is 25.6 Å². The predicted molar refractivity (Wildman–Crippen MR) is 62.4 cm³/mol. The second kappa shape index (κ2) is 5.00. The molecule has 4 heteroatoms. The first kappa shape index (κ1) is 11.8. The third-order valence-corrected chi connectivity index (χ3v) is 2.58. The molecule has 1 atom stereocenters. The zero-order valence-corrected chi connectivity index (χ0v) is 9.27. The van der Waals surface area contributed by atoms with E-state index in [1.54, 1.807) is 18.2 Å². The summed E-state index contributed by atoms with van der Waals surface area (Å²) in [4.78, 5) is 2.05. The van der Waals surface area contributed by atoms with Crippen molar-refractivity contribution in [2.45, 2.75) is 20.0 Å². The maximum Gasteiger partial charge on any atom is 0.121 e. The van der Waals surface area contributed by atoms with E-state index in [0.717, 1.165) is 13.1 Å². The molecule has 4 nitrogen and oxygen atoms in total. The molecular weight excluding hydrogens is 190 g/mol. The van der Waals surface area contributed by atoms with Gasteiger partial charge in [0, 0.05) is 11.3 Å². The van der Waals surface area contributed by atoms with Crippen molar-refractivity contribution < 1.29 is 5.11 Å². The maximum atomic E-state index is 9.68. The van der Waals surface area contributed by atoms with Crippen LogP contribution >= 0.6 is 0 Å². The van der Waals surface area contributed by atoms with E-state index in [1.165, 1.54) is 0 Å². The summed E-state index contributed by atoms with van der Waals surface area (Å²) in [6.07, 6.45) is -0.302. The summed E-state index contributed by atoms with van der Waals surface area (Å²) in [5.41, 5.74) is 13.0. The quantitative estimate of drug-likeness (QED) is 0.396. The number of nitrogen functional groups attached to an aromatic ring is 1.